The smallest absolute Gasteiger partial charge is 0.118 e. The van der Waals surface area contributed by atoms with Crippen LogP contribution < -0.4 is 9.91 Å². The standard InChI is InChI=1S/C14H11Cl2N3/c15-11-6-7-14(13(16)8-11)19-10-18(9-17-19)12-4-2-1-3-5-12/h1-9H,10H2. The molecular formula is C14H11Cl2N3. The van der Waals surface area contributed by atoms with Gasteiger partial charge in [0.15, 0.2) is 0 Å². The quantitative estimate of drug-likeness (QED) is 0.825. The van der Waals surface area contributed by atoms with E-state index in [9.17, 15) is 0 Å². The van der Waals surface area contributed by atoms with Gasteiger partial charge in [0.05, 0.1) is 10.7 Å². The van der Waals surface area contributed by atoms with Crippen LogP contribution in [0.4, 0.5) is 11.4 Å². The second-order valence-corrected chi connectivity index (χ2v) is 5.02. The third-order valence-electron chi connectivity index (χ3n) is 2.89. The van der Waals surface area contributed by atoms with E-state index in [0.717, 1.165) is 11.4 Å². The first-order valence-corrected chi connectivity index (χ1v) is 6.58. The lowest BCUT2D eigenvalue weighted by molar-refractivity contribution is 0.912. The van der Waals surface area contributed by atoms with Crippen LogP contribution in [0.3, 0.4) is 0 Å². The summed E-state index contributed by atoms with van der Waals surface area (Å²) in [6, 6.07) is 15.5. The van der Waals surface area contributed by atoms with Crippen molar-refractivity contribution < 1.29 is 0 Å². The number of hydrazone groups is 1. The van der Waals surface area contributed by atoms with Crippen molar-refractivity contribution in [3.63, 3.8) is 0 Å². The summed E-state index contributed by atoms with van der Waals surface area (Å²) in [7, 11) is 0. The molecule has 0 unspecified atom stereocenters. The van der Waals surface area contributed by atoms with Crippen molar-refractivity contribution in [1.29, 1.82) is 0 Å². The largest absolute Gasteiger partial charge is 0.311 e. The van der Waals surface area contributed by atoms with Gasteiger partial charge in [0.2, 0.25) is 0 Å². The SMILES string of the molecule is Clc1ccc(N2CN(c3ccccc3)C=N2)c(Cl)c1. The number of rotatable bonds is 2. The van der Waals surface area contributed by atoms with Crippen molar-refractivity contribution in [3.05, 3.63) is 58.6 Å². The Hall–Kier alpha value is -1.71. The summed E-state index contributed by atoms with van der Waals surface area (Å²) >= 11 is 12.1. The van der Waals surface area contributed by atoms with Crippen LogP contribution in [0.5, 0.6) is 0 Å². The minimum atomic E-state index is 0.597. The zero-order valence-electron chi connectivity index (χ0n) is 10.0. The first kappa shape index (κ1) is 12.3. The Balaban J connectivity index is 1.82. The molecule has 0 amide bonds. The predicted molar refractivity (Wildman–Crippen MR) is 81.2 cm³/mol. The van der Waals surface area contributed by atoms with Crippen molar-refractivity contribution in [3.8, 4) is 0 Å². The lowest BCUT2D eigenvalue weighted by Crippen LogP contribution is -2.26. The fourth-order valence-electron chi connectivity index (χ4n) is 1.94. The van der Waals surface area contributed by atoms with Gasteiger partial charge in [-0.2, -0.15) is 5.10 Å². The summed E-state index contributed by atoms with van der Waals surface area (Å²) in [6.45, 7) is 0.630. The molecule has 19 heavy (non-hydrogen) atoms. The highest BCUT2D eigenvalue weighted by Gasteiger charge is 2.18. The molecule has 0 radical (unpaired) electrons. The molecule has 2 aromatic carbocycles. The molecule has 2 aromatic rings. The summed E-state index contributed by atoms with van der Waals surface area (Å²) in [4.78, 5) is 2.05. The van der Waals surface area contributed by atoms with Crippen LogP contribution in [-0.2, 0) is 0 Å². The molecule has 0 aromatic heterocycles. The molecule has 0 spiro atoms. The average molecular weight is 292 g/mol. The molecule has 3 nitrogen and oxygen atoms in total. The average Bonchev–Trinajstić information content (AvgIpc) is 2.89. The minimum Gasteiger partial charge on any atom is -0.311 e. The van der Waals surface area contributed by atoms with Gasteiger partial charge in [-0.05, 0) is 30.3 Å². The highest BCUT2D eigenvalue weighted by atomic mass is 35.5. The van der Waals surface area contributed by atoms with E-state index in [1.54, 1.807) is 12.4 Å². The highest BCUT2D eigenvalue weighted by molar-refractivity contribution is 6.36. The molecule has 5 heteroatoms. The third-order valence-corrected chi connectivity index (χ3v) is 3.43. The van der Waals surface area contributed by atoms with Crippen molar-refractivity contribution in [2.75, 3.05) is 16.6 Å². The fraction of sp³-hybridized carbons (Fsp3) is 0.0714. The summed E-state index contributed by atoms with van der Waals surface area (Å²) in [6.07, 6.45) is 1.79. The number of halogens is 2. The van der Waals surface area contributed by atoms with Gasteiger partial charge in [0.1, 0.15) is 13.0 Å². The molecule has 0 fully saturated rings. The number of hydrogen-bond donors (Lipinski definition) is 0. The Labute approximate surface area is 121 Å². The molecule has 1 aliphatic heterocycles. The summed E-state index contributed by atoms with van der Waals surface area (Å²) < 4.78 is 0. The molecule has 1 heterocycles. The highest BCUT2D eigenvalue weighted by Crippen LogP contribution is 2.31. The van der Waals surface area contributed by atoms with E-state index in [1.165, 1.54) is 0 Å². The van der Waals surface area contributed by atoms with Crippen molar-refractivity contribution >= 4 is 40.9 Å². The van der Waals surface area contributed by atoms with Crippen LogP contribution >= 0.6 is 23.2 Å². The number of hydrogen-bond acceptors (Lipinski definition) is 3. The molecule has 0 aliphatic carbocycles. The Morgan fingerprint density at radius 3 is 2.53 bits per heavy atom. The predicted octanol–water partition coefficient (Wildman–Crippen LogP) is 4.22. The fourth-order valence-corrected chi connectivity index (χ4v) is 2.44. The van der Waals surface area contributed by atoms with Gasteiger partial charge in [-0.3, -0.25) is 0 Å². The molecular weight excluding hydrogens is 281 g/mol. The summed E-state index contributed by atoms with van der Waals surface area (Å²) in [5.41, 5.74) is 1.94. The summed E-state index contributed by atoms with van der Waals surface area (Å²) in [5, 5.41) is 7.42. The Bertz CT molecular complexity index is 613. The lowest BCUT2D eigenvalue weighted by atomic mass is 10.3. The van der Waals surface area contributed by atoms with Crippen molar-refractivity contribution in [2.24, 2.45) is 5.10 Å². The third kappa shape index (κ3) is 2.53. The van der Waals surface area contributed by atoms with E-state index in [2.05, 4.69) is 5.10 Å². The maximum atomic E-state index is 6.18. The Kier molecular flexibility index (Phi) is 3.32. The van der Waals surface area contributed by atoms with Crippen molar-refractivity contribution in [2.45, 2.75) is 0 Å². The first-order chi connectivity index (χ1) is 9.24. The maximum Gasteiger partial charge on any atom is 0.118 e. The maximum absolute atomic E-state index is 6.18. The van der Waals surface area contributed by atoms with E-state index in [1.807, 2.05) is 52.4 Å². The molecule has 0 saturated heterocycles. The van der Waals surface area contributed by atoms with Crippen LogP contribution in [0.1, 0.15) is 0 Å². The van der Waals surface area contributed by atoms with Gasteiger partial charge in [-0.1, -0.05) is 41.4 Å². The zero-order valence-corrected chi connectivity index (χ0v) is 11.5. The summed E-state index contributed by atoms with van der Waals surface area (Å²) in [5.74, 6) is 0. The molecule has 96 valence electrons. The van der Waals surface area contributed by atoms with Crippen LogP contribution in [0.15, 0.2) is 53.6 Å². The number of para-hydroxylation sites is 1. The van der Waals surface area contributed by atoms with Gasteiger partial charge < -0.3 is 4.90 Å². The van der Waals surface area contributed by atoms with Gasteiger partial charge in [-0.15, -0.1) is 0 Å². The molecule has 0 N–H and O–H groups in total. The van der Waals surface area contributed by atoms with E-state index in [-0.39, 0.29) is 0 Å². The molecule has 0 atom stereocenters. The molecule has 1 aliphatic rings. The molecule has 3 rings (SSSR count). The molecule has 0 saturated carbocycles. The second-order valence-electron chi connectivity index (χ2n) is 4.17. The van der Waals surface area contributed by atoms with Gasteiger partial charge >= 0.3 is 0 Å². The van der Waals surface area contributed by atoms with E-state index in [0.29, 0.717) is 16.7 Å². The number of nitrogens with zero attached hydrogens (tertiary/aromatic N) is 3. The zero-order chi connectivity index (χ0) is 13.2. The lowest BCUT2D eigenvalue weighted by Gasteiger charge is -2.19. The van der Waals surface area contributed by atoms with Gasteiger partial charge in [-0.25, -0.2) is 5.01 Å². The van der Waals surface area contributed by atoms with Crippen LogP contribution in [-0.4, -0.2) is 13.0 Å². The minimum absolute atomic E-state index is 0.597. The van der Waals surface area contributed by atoms with E-state index < -0.39 is 0 Å². The van der Waals surface area contributed by atoms with Crippen LogP contribution in [0.25, 0.3) is 0 Å². The normalized spacial score (nSPS) is 14.2. The van der Waals surface area contributed by atoms with E-state index in [4.69, 9.17) is 23.2 Å². The number of benzene rings is 2. The monoisotopic (exact) mass is 291 g/mol. The van der Waals surface area contributed by atoms with Crippen LogP contribution in [0.2, 0.25) is 10.0 Å². The Morgan fingerprint density at radius 1 is 1.00 bits per heavy atom. The second kappa shape index (κ2) is 5.11. The number of anilines is 2. The Morgan fingerprint density at radius 2 is 1.79 bits per heavy atom. The van der Waals surface area contributed by atoms with Crippen LogP contribution in [0, 0.1) is 0 Å². The van der Waals surface area contributed by atoms with Crippen molar-refractivity contribution in [1.82, 2.24) is 0 Å². The van der Waals surface area contributed by atoms with E-state index >= 15 is 0 Å². The first-order valence-electron chi connectivity index (χ1n) is 5.82. The topological polar surface area (TPSA) is 18.8 Å². The van der Waals surface area contributed by atoms with Gasteiger partial charge in [0.25, 0.3) is 0 Å². The van der Waals surface area contributed by atoms with Gasteiger partial charge in [0, 0.05) is 10.7 Å². The molecule has 0 bridgehead atoms.